The zero-order valence-corrected chi connectivity index (χ0v) is 13.9. The molecular weight excluding hydrogens is 294 g/mol. The first kappa shape index (κ1) is 17.5. The highest BCUT2D eigenvalue weighted by molar-refractivity contribution is 5.97. The van der Waals surface area contributed by atoms with E-state index in [4.69, 9.17) is 9.47 Å². The van der Waals surface area contributed by atoms with Gasteiger partial charge >= 0.3 is 5.97 Å². The number of benzene rings is 1. The molecule has 0 aliphatic carbocycles. The van der Waals surface area contributed by atoms with Crippen LogP contribution in [-0.2, 0) is 9.47 Å². The molecule has 0 aromatic heterocycles. The molecule has 1 saturated heterocycles. The normalized spacial score (nSPS) is 18.3. The Bertz CT molecular complexity index is 544. The predicted molar refractivity (Wildman–Crippen MR) is 87.6 cm³/mol. The minimum absolute atomic E-state index is 0.0353. The molecule has 1 aliphatic heterocycles. The molecule has 1 atom stereocenters. The van der Waals surface area contributed by atoms with Crippen molar-refractivity contribution in [2.24, 2.45) is 0 Å². The van der Waals surface area contributed by atoms with Crippen LogP contribution in [0.3, 0.4) is 0 Å². The molecule has 0 saturated carbocycles. The van der Waals surface area contributed by atoms with Gasteiger partial charge in [-0.05, 0) is 43.9 Å². The Kier molecular flexibility index (Phi) is 6.59. The maximum Gasteiger partial charge on any atom is 0.337 e. The Morgan fingerprint density at radius 3 is 2.74 bits per heavy atom. The number of esters is 1. The Morgan fingerprint density at radius 2 is 2.00 bits per heavy atom. The molecule has 1 amide bonds. The number of methoxy groups -OCH3 is 1. The van der Waals surface area contributed by atoms with Gasteiger partial charge in [0.2, 0.25) is 0 Å². The SMILES string of the molecule is CCCO[C@@H]1CCCN(C(=O)c2cccc(C(=O)OC)c2)CC1. The van der Waals surface area contributed by atoms with E-state index in [0.29, 0.717) is 17.7 Å². The van der Waals surface area contributed by atoms with Gasteiger partial charge in [-0.25, -0.2) is 4.79 Å². The van der Waals surface area contributed by atoms with E-state index in [2.05, 4.69) is 6.92 Å². The predicted octanol–water partition coefficient (Wildman–Crippen LogP) is 2.89. The zero-order valence-electron chi connectivity index (χ0n) is 13.9. The number of nitrogens with zero attached hydrogens (tertiary/aromatic N) is 1. The second kappa shape index (κ2) is 8.67. The van der Waals surface area contributed by atoms with Gasteiger partial charge in [0.25, 0.3) is 5.91 Å². The molecule has 1 aliphatic rings. The van der Waals surface area contributed by atoms with Crippen molar-refractivity contribution in [3.05, 3.63) is 35.4 Å². The third-order valence-corrected chi connectivity index (χ3v) is 4.05. The van der Waals surface area contributed by atoms with Crippen LogP contribution in [0, 0.1) is 0 Å². The molecule has 0 radical (unpaired) electrons. The summed E-state index contributed by atoms with van der Waals surface area (Å²) in [5, 5.41) is 0. The van der Waals surface area contributed by atoms with E-state index in [1.165, 1.54) is 7.11 Å². The van der Waals surface area contributed by atoms with Crippen LogP contribution in [0.4, 0.5) is 0 Å². The molecule has 5 nitrogen and oxygen atoms in total. The molecule has 2 rings (SSSR count). The number of ether oxygens (including phenoxy) is 2. The van der Waals surface area contributed by atoms with Gasteiger partial charge in [0, 0.05) is 25.3 Å². The van der Waals surface area contributed by atoms with E-state index in [1.54, 1.807) is 24.3 Å². The van der Waals surface area contributed by atoms with E-state index in [1.807, 2.05) is 4.90 Å². The fraction of sp³-hybridized carbons (Fsp3) is 0.556. The summed E-state index contributed by atoms with van der Waals surface area (Å²) in [5.74, 6) is -0.463. The number of carbonyl (C=O) groups excluding carboxylic acids is 2. The Hall–Kier alpha value is -1.88. The smallest absolute Gasteiger partial charge is 0.337 e. The summed E-state index contributed by atoms with van der Waals surface area (Å²) in [6.45, 7) is 4.30. The molecule has 1 heterocycles. The van der Waals surface area contributed by atoms with Crippen molar-refractivity contribution in [3.63, 3.8) is 0 Å². The Balaban J connectivity index is 2.01. The van der Waals surface area contributed by atoms with Crippen molar-refractivity contribution in [3.8, 4) is 0 Å². The van der Waals surface area contributed by atoms with Gasteiger partial charge in [-0.2, -0.15) is 0 Å². The van der Waals surface area contributed by atoms with Crippen molar-refractivity contribution in [1.82, 2.24) is 4.90 Å². The standard InChI is InChI=1S/C18H25NO4/c1-3-12-23-16-8-5-10-19(11-9-16)17(20)14-6-4-7-15(13-14)18(21)22-2/h4,6-7,13,16H,3,5,8-12H2,1-2H3/t16-/m1/s1. The van der Waals surface area contributed by atoms with E-state index >= 15 is 0 Å². The van der Waals surface area contributed by atoms with Crippen LogP contribution < -0.4 is 0 Å². The van der Waals surface area contributed by atoms with Gasteiger partial charge in [0.15, 0.2) is 0 Å². The number of rotatable bonds is 5. The number of likely N-dealkylation sites (tertiary alicyclic amines) is 1. The summed E-state index contributed by atoms with van der Waals surface area (Å²) in [6, 6.07) is 6.71. The van der Waals surface area contributed by atoms with Crippen LogP contribution in [0.1, 0.15) is 53.3 Å². The summed E-state index contributed by atoms with van der Waals surface area (Å²) in [4.78, 5) is 26.1. The van der Waals surface area contributed by atoms with E-state index < -0.39 is 5.97 Å². The molecule has 126 valence electrons. The van der Waals surface area contributed by atoms with Crippen molar-refractivity contribution >= 4 is 11.9 Å². The number of amides is 1. The lowest BCUT2D eigenvalue weighted by Gasteiger charge is -2.21. The number of carbonyl (C=O) groups is 2. The van der Waals surface area contributed by atoms with Crippen LogP contribution in [0.5, 0.6) is 0 Å². The fourth-order valence-corrected chi connectivity index (χ4v) is 2.80. The highest BCUT2D eigenvalue weighted by Gasteiger charge is 2.22. The Morgan fingerprint density at radius 1 is 1.22 bits per heavy atom. The Labute approximate surface area is 137 Å². The summed E-state index contributed by atoms with van der Waals surface area (Å²) in [5.41, 5.74) is 0.929. The lowest BCUT2D eigenvalue weighted by atomic mass is 10.1. The largest absolute Gasteiger partial charge is 0.465 e. The van der Waals surface area contributed by atoms with Gasteiger partial charge in [-0.1, -0.05) is 13.0 Å². The first-order valence-corrected chi connectivity index (χ1v) is 8.25. The van der Waals surface area contributed by atoms with Crippen LogP contribution in [0.2, 0.25) is 0 Å². The maximum atomic E-state index is 12.7. The molecule has 0 spiro atoms. The van der Waals surface area contributed by atoms with Gasteiger partial charge in [-0.15, -0.1) is 0 Å². The number of hydrogen-bond donors (Lipinski definition) is 0. The van der Waals surface area contributed by atoms with Crippen LogP contribution in [0.15, 0.2) is 24.3 Å². The zero-order chi connectivity index (χ0) is 16.7. The van der Waals surface area contributed by atoms with Crippen LogP contribution in [-0.4, -0.2) is 49.7 Å². The third-order valence-electron chi connectivity index (χ3n) is 4.05. The van der Waals surface area contributed by atoms with Crippen molar-refractivity contribution in [2.75, 3.05) is 26.8 Å². The molecule has 5 heteroatoms. The average Bonchev–Trinajstić information content (AvgIpc) is 2.84. The molecule has 0 N–H and O–H groups in total. The summed E-state index contributed by atoms with van der Waals surface area (Å²) in [7, 11) is 1.34. The fourth-order valence-electron chi connectivity index (χ4n) is 2.80. The highest BCUT2D eigenvalue weighted by atomic mass is 16.5. The molecule has 0 unspecified atom stereocenters. The van der Waals surface area contributed by atoms with E-state index in [0.717, 1.165) is 38.8 Å². The maximum absolute atomic E-state index is 12.7. The summed E-state index contributed by atoms with van der Waals surface area (Å²) < 4.78 is 10.5. The van der Waals surface area contributed by atoms with Crippen molar-refractivity contribution in [1.29, 1.82) is 0 Å². The van der Waals surface area contributed by atoms with Crippen molar-refractivity contribution < 1.29 is 19.1 Å². The molecule has 1 aromatic carbocycles. The number of hydrogen-bond acceptors (Lipinski definition) is 4. The van der Waals surface area contributed by atoms with Crippen LogP contribution in [0.25, 0.3) is 0 Å². The summed E-state index contributed by atoms with van der Waals surface area (Å²) in [6.07, 6.45) is 4.05. The van der Waals surface area contributed by atoms with E-state index in [-0.39, 0.29) is 12.0 Å². The quantitative estimate of drug-likeness (QED) is 0.783. The van der Waals surface area contributed by atoms with Gasteiger partial charge < -0.3 is 14.4 Å². The van der Waals surface area contributed by atoms with Crippen LogP contribution >= 0.6 is 0 Å². The minimum atomic E-state index is -0.427. The molecule has 0 bridgehead atoms. The second-order valence-electron chi connectivity index (χ2n) is 5.79. The summed E-state index contributed by atoms with van der Waals surface area (Å²) >= 11 is 0. The van der Waals surface area contributed by atoms with E-state index in [9.17, 15) is 9.59 Å². The topological polar surface area (TPSA) is 55.8 Å². The molecule has 1 fully saturated rings. The van der Waals surface area contributed by atoms with Crippen molar-refractivity contribution in [2.45, 2.75) is 38.7 Å². The van der Waals surface area contributed by atoms with Gasteiger partial charge in [0.1, 0.15) is 0 Å². The molecule has 1 aromatic rings. The monoisotopic (exact) mass is 319 g/mol. The lowest BCUT2D eigenvalue weighted by molar-refractivity contribution is 0.0432. The molecular formula is C18H25NO4. The second-order valence-corrected chi connectivity index (χ2v) is 5.79. The lowest BCUT2D eigenvalue weighted by Crippen LogP contribution is -2.32. The highest BCUT2D eigenvalue weighted by Crippen LogP contribution is 2.17. The van der Waals surface area contributed by atoms with Gasteiger partial charge in [-0.3, -0.25) is 4.79 Å². The average molecular weight is 319 g/mol. The third kappa shape index (κ3) is 4.79. The first-order valence-electron chi connectivity index (χ1n) is 8.25. The van der Waals surface area contributed by atoms with Gasteiger partial charge in [0.05, 0.1) is 18.8 Å². The first-order chi connectivity index (χ1) is 11.2. The molecule has 23 heavy (non-hydrogen) atoms. The minimum Gasteiger partial charge on any atom is -0.465 e.